The van der Waals surface area contributed by atoms with Crippen LogP contribution in [0, 0.1) is 5.92 Å². The van der Waals surface area contributed by atoms with Gasteiger partial charge in [-0.2, -0.15) is 0 Å². The van der Waals surface area contributed by atoms with Crippen LogP contribution >= 0.6 is 0 Å². The first-order valence-electron chi connectivity index (χ1n) is 7.40. The second kappa shape index (κ2) is 5.74. The van der Waals surface area contributed by atoms with Gasteiger partial charge in [0.15, 0.2) is 0 Å². The van der Waals surface area contributed by atoms with E-state index in [9.17, 15) is 4.79 Å². The highest BCUT2D eigenvalue weighted by Gasteiger charge is 2.44. The van der Waals surface area contributed by atoms with Crippen molar-refractivity contribution in [3.05, 3.63) is 35.9 Å². The van der Waals surface area contributed by atoms with Gasteiger partial charge in [-0.3, -0.25) is 4.79 Å². The molecule has 2 N–H and O–H groups in total. The molecule has 2 aliphatic rings. The van der Waals surface area contributed by atoms with Crippen molar-refractivity contribution >= 4 is 5.91 Å². The second-order valence-corrected chi connectivity index (χ2v) is 5.76. The summed E-state index contributed by atoms with van der Waals surface area (Å²) in [4.78, 5) is 12.2. The first kappa shape index (κ1) is 12.7. The lowest BCUT2D eigenvalue weighted by molar-refractivity contribution is -0.123. The second-order valence-electron chi connectivity index (χ2n) is 5.76. The highest BCUT2D eigenvalue weighted by Crippen LogP contribution is 2.47. The highest BCUT2D eigenvalue weighted by atomic mass is 16.2. The van der Waals surface area contributed by atoms with Gasteiger partial charge in [-0.25, -0.2) is 0 Å². The molecule has 0 aromatic heterocycles. The molecule has 1 aliphatic heterocycles. The fourth-order valence-corrected chi connectivity index (χ4v) is 3.00. The van der Waals surface area contributed by atoms with Crippen LogP contribution in [0.4, 0.5) is 0 Å². The van der Waals surface area contributed by atoms with Crippen molar-refractivity contribution in [1.29, 1.82) is 0 Å². The number of carbonyl (C=O) groups excluding carboxylic acids is 1. The summed E-state index contributed by atoms with van der Waals surface area (Å²) in [6.45, 7) is 2.01. The normalized spacial score (nSPS) is 30.4. The number of carbonyl (C=O) groups is 1. The molecule has 19 heavy (non-hydrogen) atoms. The fraction of sp³-hybridized carbons (Fsp3) is 0.562. The van der Waals surface area contributed by atoms with Crippen molar-refractivity contribution in [3.8, 4) is 0 Å². The van der Waals surface area contributed by atoms with Crippen molar-refractivity contribution < 1.29 is 4.79 Å². The molecule has 1 aliphatic carbocycles. The summed E-state index contributed by atoms with van der Waals surface area (Å²) in [6.07, 6.45) is 4.56. The molecule has 102 valence electrons. The van der Waals surface area contributed by atoms with E-state index in [4.69, 9.17) is 0 Å². The van der Waals surface area contributed by atoms with Crippen molar-refractivity contribution in [3.63, 3.8) is 0 Å². The van der Waals surface area contributed by atoms with Crippen molar-refractivity contribution in [2.24, 2.45) is 5.92 Å². The third-order valence-electron chi connectivity index (χ3n) is 4.25. The van der Waals surface area contributed by atoms with Crippen LogP contribution in [0.15, 0.2) is 30.3 Å². The minimum atomic E-state index is 0.200. The molecular weight excluding hydrogens is 236 g/mol. The zero-order chi connectivity index (χ0) is 13.1. The van der Waals surface area contributed by atoms with E-state index < -0.39 is 0 Å². The maximum absolute atomic E-state index is 12.2. The number of amides is 1. The van der Waals surface area contributed by atoms with Crippen LogP contribution in [0.5, 0.6) is 0 Å². The summed E-state index contributed by atoms with van der Waals surface area (Å²) < 4.78 is 0. The minimum absolute atomic E-state index is 0.200. The monoisotopic (exact) mass is 258 g/mol. The Hall–Kier alpha value is -1.35. The zero-order valence-corrected chi connectivity index (χ0v) is 11.3. The van der Waals surface area contributed by atoms with E-state index in [0.29, 0.717) is 12.0 Å². The molecule has 3 rings (SSSR count). The molecule has 2 fully saturated rings. The number of nitrogens with one attached hydrogen (secondary N) is 2. The average Bonchev–Trinajstić information content (AvgIpc) is 3.24. The first-order valence-corrected chi connectivity index (χ1v) is 7.40. The molecule has 1 saturated carbocycles. The van der Waals surface area contributed by atoms with E-state index in [0.717, 1.165) is 25.9 Å². The van der Waals surface area contributed by atoms with Crippen LogP contribution in [-0.4, -0.2) is 25.0 Å². The predicted octanol–water partition coefficient (Wildman–Crippen LogP) is 2.05. The number of hydrogen-bond donors (Lipinski definition) is 2. The van der Waals surface area contributed by atoms with Crippen LogP contribution in [0.2, 0.25) is 0 Å². The summed E-state index contributed by atoms with van der Waals surface area (Å²) in [6, 6.07) is 10.7. The Morgan fingerprint density at radius 2 is 2.05 bits per heavy atom. The van der Waals surface area contributed by atoms with Gasteiger partial charge in [-0.05, 0) is 37.3 Å². The van der Waals surface area contributed by atoms with Gasteiger partial charge < -0.3 is 10.6 Å². The molecule has 1 aromatic carbocycles. The van der Waals surface area contributed by atoms with Gasteiger partial charge in [0.1, 0.15) is 0 Å². The Morgan fingerprint density at radius 3 is 2.89 bits per heavy atom. The van der Waals surface area contributed by atoms with Crippen LogP contribution in [0.3, 0.4) is 0 Å². The smallest absolute Gasteiger partial charge is 0.224 e. The van der Waals surface area contributed by atoms with E-state index in [1.165, 1.54) is 18.4 Å². The Labute approximate surface area is 114 Å². The Bertz CT molecular complexity index is 424. The quantitative estimate of drug-likeness (QED) is 0.871. The molecular formula is C16H22N2O. The van der Waals surface area contributed by atoms with Gasteiger partial charge in [0.2, 0.25) is 5.91 Å². The summed E-state index contributed by atoms with van der Waals surface area (Å²) in [5.74, 6) is 0.896. The van der Waals surface area contributed by atoms with Crippen LogP contribution in [0.1, 0.15) is 37.2 Å². The molecule has 3 heteroatoms. The van der Waals surface area contributed by atoms with Gasteiger partial charge in [0.25, 0.3) is 0 Å². The number of benzene rings is 1. The molecule has 1 amide bonds. The van der Waals surface area contributed by atoms with Gasteiger partial charge >= 0.3 is 0 Å². The summed E-state index contributed by atoms with van der Waals surface area (Å²) >= 11 is 0. The standard InChI is InChI=1S/C16H22N2O/c19-16(18-13-8-4-5-9-17-11-13)15-10-14(15)12-6-2-1-3-7-12/h1-3,6-7,13-15,17H,4-5,8-11H2,(H,18,19). The molecule has 0 spiro atoms. The van der Waals surface area contributed by atoms with E-state index in [1.54, 1.807) is 0 Å². The lowest BCUT2D eigenvalue weighted by Gasteiger charge is -2.16. The summed E-state index contributed by atoms with van der Waals surface area (Å²) in [5, 5.41) is 6.61. The maximum atomic E-state index is 12.2. The van der Waals surface area contributed by atoms with Crippen molar-refractivity contribution in [2.45, 2.75) is 37.6 Å². The Balaban J connectivity index is 1.52. The maximum Gasteiger partial charge on any atom is 0.224 e. The fourth-order valence-electron chi connectivity index (χ4n) is 3.00. The Kier molecular flexibility index (Phi) is 3.83. The van der Waals surface area contributed by atoms with Gasteiger partial charge in [0, 0.05) is 18.5 Å². The molecule has 3 unspecified atom stereocenters. The highest BCUT2D eigenvalue weighted by molar-refractivity contribution is 5.83. The molecule has 1 heterocycles. The zero-order valence-electron chi connectivity index (χ0n) is 11.3. The van der Waals surface area contributed by atoms with E-state index in [2.05, 4.69) is 34.9 Å². The Morgan fingerprint density at radius 1 is 1.21 bits per heavy atom. The number of rotatable bonds is 3. The van der Waals surface area contributed by atoms with Crippen LogP contribution in [-0.2, 0) is 4.79 Å². The van der Waals surface area contributed by atoms with Gasteiger partial charge in [0.05, 0.1) is 0 Å². The third-order valence-corrected chi connectivity index (χ3v) is 4.25. The van der Waals surface area contributed by atoms with E-state index >= 15 is 0 Å². The average molecular weight is 258 g/mol. The SMILES string of the molecule is O=C(NC1CCCCNC1)C1CC1c1ccccc1. The summed E-state index contributed by atoms with van der Waals surface area (Å²) in [7, 11) is 0. The largest absolute Gasteiger partial charge is 0.352 e. The van der Waals surface area contributed by atoms with Crippen molar-refractivity contribution in [2.75, 3.05) is 13.1 Å². The molecule has 1 saturated heterocycles. The molecule has 3 atom stereocenters. The molecule has 3 nitrogen and oxygen atoms in total. The third kappa shape index (κ3) is 3.16. The summed E-state index contributed by atoms with van der Waals surface area (Å²) in [5.41, 5.74) is 1.31. The van der Waals surface area contributed by atoms with Gasteiger partial charge in [-0.15, -0.1) is 0 Å². The van der Waals surface area contributed by atoms with Crippen LogP contribution < -0.4 is 10.6 Å². The van der Waals surface area contributed by atoms with Crippen molar-refractivity contribution in [1.82, 2.24) is 10.6 Å². The lowest BCUT2D eigenvalue weighted by Crippen LogP contribution is -2.41. The number of hydrogen-bond acceptors (Lipinski definition) is 2. The topological polar surface area (TPSA) is 41.1 Å². The lowest BCUT2D eigenvalue weighted by atomic mass is 10.1. The van der Waals surface area contributed by atoms with Gasteiger partial charge in [-0.1, -0.05) is 36.8 Å². The molecule has 0 radical (unpaired) electrons. The predicted molar refractivity (Wildman–Crippen MR) is 75.9 cm³/mol. The van der Waals surface area contributed by atoms with E-state index in [1.807, 2.05) is 6.07 Å². The first-order chi connectivity index (χ1) is 9.34. The molecule has 0 bridgehead atoms. The minimum Gasteiger partial charge on any atom is -0.352 e. The van der Waals surface area contributed by atoms with Crippen LogP contribution in [0.25, 0.3) is 0 Å². The van der Waals surface area contributed by atoms with E-state index in [-0.39, 0.29) is 11.8 Å². The molecule has 1 aromatic rings.